The number of sulfone groups is 2. The minimum Gasteiger partial charge on any atom is -0.505 e. The summed E-state index contributed by atoms with van der Waals surface area (Å²) in [5.41, 5.74) is 8.63. The Bertz CT molecular complexity index is 3320. The molecule has 68 heavy (non-hydrogen) atoms. The van der Waals surface area contributed by atoms with Crippen LogP contribution in [0.2, 0.25) is 0 Å². The van der Waals surface area contributed by atoms with E-state index in [4.69, 9.17) is 10.3 Å². The number of aromatic hydroxyl groups is 1. The molecule has 6 N–H and O–H groups in total. The third kappa shape index (κ3) is 14.0. The summed E-state index contributed by atoms with van der Waals surface area (Å²) in [6, 6.07) is 22.5. The van der Waals surface area contributed by atoms with Crippen LogP contribution in [-0.2, 0) is 44.4 Å². The normalized spacial score (nSPS) is 12.4. The summed E-state index contributed by atoms with van der Waals surface area (Å²) in [7, 11) is -16.2. The average molecular weight is 1020 g/mol. The van der Waals surface area contributed by atoms with E-state index < -0.39 is 75.0 Å². The molecule has 5 aromatic carbocycles. The molecule has 1 heterocycles. The van der Waals surface area contributed by atoms with Gasteiger partial charge in [0.15, 0.2) is 15.6 Å². The number of nitrogens with zero attached hydrogens (tertiary/aromatic N) is 8. The van der Waals surface area contributed by atoms with Crippen molar-refractivity contribution in [3.05, 3.63) is 102 Å². The summed E-state index contributed by atoms with van der Waals surface area (Å²) in [6.07, 6.45) is 0.388. The Labute approximate surface area is 391 Å². The first-order valence-electron chi connectivity index (χ1n) is 19.9. The quantitative estimate of drug-likeness (QED) is 0.0327. The number of hydrogen-bond donors (Lipinski definition) is 5. The standard InChI is InChI=1S/C38H37FN10O6S2.C3H8O6S2/c1-5-18-56(51,52)28-16-14-25(15-17-28)45-47-33-23(4)19-24-20-30(57(53,54)55)34(35(50)31(24)32(33)40)48-46-29-21-26(13-12-22(29)3)41-37-42-36(39)43-38(44-37)49(6-2)27-10-8-7-9-11-27;1-10(4,5)3-2-9-11(6,7)8/h7-17,19-21,50H,5-6,18,40H2,1-4H3,(H,53,54,55)(H,41,42,43,44);2-3H2,1H3,(H,6,7,8). The summed E-state index contributed by atoms with van der Waals surface area (Å²) < 4.78 is 127. The number of phenols is 1. The molecule has 1 aromatic heterocycles. The molecule has 0 saturated heterocycles. The van der Waals surface area contributed by atoms with Gasteiger partial charge in [0.2, 0.25) is 11.9 Å². The van der Waals surface area contributed by atoms with E-state index in [1.165, 1.54) is 36.4 Å². The first-order chi connectivity index (χ1) is 31.8. The lowest BCUT2D eigenvalue weighted by Gasteiger charge is -2.21. The largest absolute Gasteiger partial charge is 0.505 e. The molecule has 0 fully saturated rings. The zero-order chi connectivity index (χ0) is 50.2. The molecule has 0 saturated carbocycles. The van der Waals surface area contributed by atoms with Crippen molar-refractivity contribution in [1.29, 1.82) is 0 Å². The van der Waals surface area contributed by atoms with Crippen LogP contribution in [0.1, 0.15) is 31.4 Å². The molecule has 0 aliphatic carbocycles. The Kier molecular flexibility index (Phi) is 16.6. The van der Waals surface area contributed by atoms with Crippen LogP contribution >= 0.6 is 0 Å². The third-order valence-electron chi connectivity index (χ3n) is 9.38. The second-order valence-electron chi connectivity index (χ2n) is 14.6. The van der Waals surface area contributed by atoms with E-state index in [9.17, 15) is 47.7 Å². The van der Waals surface area contributed by atoms with Crippen molar-refractivity contribution in [2.24, 2.45) is 20.5 Å². The zero-order valence-electron chi connectivity index (χ0n) is 36.8. The van der Waals surface area contributed by atoms with Gasteiger partial charge in [0.05, 0.1) is 45.5 Å². The van der Waals surface area contributed by atoms with Crippen molar-refractivity contribution in [3.63, 3.8) is 0 Å². The number of nitrogen functional groups attached to an aromatic ring is 1. The van der Waals surface area contributed by atoms with Crippen LogP contribution in [0.4, 0.5) is 56.1 Å². The van der Waals surface area contributed by atoms with Gasteiger partial charge in [-0.3, -0.25) is 9.11 Å². The van der Waals surface area contributed by atoms with Gasteiger partial charge in [0.1, 0.15) is 26.1 Å². The number of nitrogens with one attached hydrogen (secondary N) is 1. The van der Waals surface area contributed by atoms with Crippen LogP contribution in [0.25, 0.3) is 10.8 Å². The number of hydrogen-bond acceptors (Lipinski definition) is 20. The van der Waals surface area contributed by atoms with Gasteiger partial charge >= 0.3 is 16.5 Å². The fourth-order valence-electron chi connectivity index (χ4n) is 6.21. The molecule has 0 bridgehead atoms. The number of para-hydroxylation sites is 1. The molecule has 0 unspecified atom stereocenters. The lowest BCUT2D eigenvalue weighted by Crippen LogP contribution is -2.20. The fourth-order valence-corrected chi connectivity index (χ4v) is 8.97. The number of azo groups is 2. The minimum absolute atomic E-state index is 0.00711. The second-order valence-corrected chi connectivity index (χ2v) is 21.5. The number of fused-ring (bicyclic) bond motifs is 1. The molecule has 27 heteroatoms. The summed E-state index contributed by atoms with van der Waals surface area (Å²) >= 11 is 0. The van der Waals surface area contributed by atoms with E-state index in [0.717, 1.165) is 18.0 Å². The molecular formula is C41H45FN10O12S4. The molecule has 0 aliphatic heterocycles. The van der Waals surface area contributed by atoms with E-state index in [0.29, 0.717) is 35.5 Å². The van der Waals surface area contributed by atoms with Crippen molar-refractivity contribution in [2.75, 3.05) is 46.9 Å². The topological polar surface area (TPSA) is 336 Å². The van der Waals surface area contributed by atoms with E-state index >= 15 is 0 Å². The molecule has 362 valence electrons. The summed E-state index contributed by atoms with van der Waals surface area (Å²) in [6.45, 7) is 6.87. The maximum atomic E-state index is 14.7. The van der Waals surface area contributed by atoms with Crippen molar-refractivity contribution in [3.8, 4) is 5.75 Å². The van der Waals surface area contributed by atoms with Crippen LogP contribution in [0.5, 0.6) is 5.75 Å². The molecule has 0 atom stereocenters. The zero-order valence-corrected chi connectivity index (χ0v) is 40.1. The van der Waals surface area contributed by atoms with Gasteiger partial charge in [-0.2, -0.15) is 46.4 Å². The molecule has 0 amide bonds. The monoisotopic (exact) mass is 1020 g/mol. The Balaban J connectivity index is 0.000000697. The van der Waals surface area contributed by atoms with Gasteiger partial charge in [0.25, 0.3) is 10.1 Å². The van der Waals surface area contributed by atoms with E-state index in [2.05, 4.69) is 44.9 Å². The Hall–Kier alpha value is -6.62. The fraction of sp³-hybridized carbons (Fsp3) is 0.244. The highest BCUT2D eigenvalue weighted by Gasteiger charge is 2.25. The first kappa shape index (κ1) is 52.4. The number of benzene rings is 5. The number of rotatable bonds is 17. The highest BCUT2D eigenvalue weighted by atomic mass is 32.3. The first-order valence-corrected chi connectivity index (χ1v) is 26.5. The number of anilines is 5. The minimum atomic E-state index is -4.96. The molecular weight excluding hydrogens is 972 g/mol. The van der Waals surface area contributed by atoms with Crippen LogP contribution < -0.4 is 16.0 Å². The van der Waals surface area contributed by atoms with Crippen molar-refractivity contribution in [1.82, 2.24) is 15.0 Å². The SMILES string of the molecule is CCCS(=O)(=O)c1ccc(N=Nc2c(C)cc3cc(S(=O)(=O)O)c(N=Nc4cc(Nc5nc(F)nc(N(CC)c6ccccc6)n5)ccc4C)c(O)c3c2N)cc1.CS(=O)(=O)CCOS(=O)(=O)O. The van der Waals surface area contributed by atoms with E-state index in [1.54, 1.807) is 37.8 Å². The van der Waals surface area contributed by atoms with Crippen LogP contribution in [0.3, 0.4) is 0 Å². The van der Waals surface area contributed by atoms with Crippen LogP contribution in [-0.4, -0.2) is 93.7 Å². The van der Waals surface area contributed by atoms with Gasteiger partial charge < -0.3 is 21.1 Å². The number of halogens is 1. The Morgan fingerprint density at radius 1 is 0.779 bits per heavy atom. The van der Waals surface area contributed by atoms with Gasteiger partial charge in [0, 0.05) is 24.2 Å². The third-order valence-corrected chi connectivity index (χ3v) is 13.6. The summed E-state index contributed by atoms with van der Waals surface area (Å²) in [5.74, 6) is -1.17. The van der Waals surface area contributed by atoms with Crippen LogP contribution in [0, 0.1) is 19.9 Å². The van der Waals surface area contributed by atoms with Crippen LogP contribution in [0.15, 0.2) is 115 Å². The maximum Gasteiger partial charge on any atom is 0.397 e. The van der Waals surface area contributed by atoms with Crippen molar-refractivity contribution in [2.45, 2.75) is 43.9 Å². The lowest BCUT2D eigenvalue weighted by molar-refractivity contribution is 0.284. The van der Waals surface area contributed by atoms with Gasteiger partial charge in [-0.05, 0) is 104 Å². The van der Waals surface area contributed by atoms with Crippen molar-refractivity contribution < 1.29 is 56.5 Å². The van der Waals surface area contributed by atoms with Gasteiger partial charge in [-0.25, -0.2) is 21.0 Å². The molecule has 22 nitrogen and oxygen atoms in total. The smallest absolute Gasteiger partial charge is 0.397 e. The summed E-state index contributed by atoms with van der Waals surface area (Å²) in [5, 5.41) is 31.3. The number of nitrogens with two attached hydrogens (primary N) is 1. The van der Waals surface area contributed by atoms with Gasteiger partial charge in [-0.1, -0.05) is 31.2 Å². The molecule has 0 spiro atoms. The Morgan fingerprint density at radius 3 is 2.04 bits per heavy atom. The lowest BCUT2D eigenvalue weighted by atomic mass is 10.0. The second kappa shape index (κ2) is 21.6. The van der Waals surface area contributed by atoms with Crippen molar-refractivity contribution >= 4 is 103 Å². The molecule has 0 aliphatic rings. The number of aromatic nitrogens is 3. The predicted octanol–water partition coefficient (Wildman–Crippen LogP) is 8.08. The predicted molar refractivity (Wildman–Crippen MR) is 252 cm³/mol. The van der Waals surface area contributed by atoms with Gasteiger partial charge in [-0.15, -0.1) is 10.2 Å². The molecule has 0 radical (unpaired) electrons. The highest BCUT2D eigenvalue weighted by molar-refractivity contribution is 7.91. The molecule has 6 rings (SSSR count). The van der Waals surface area contributed by atoms with E-state index in [-0.39, 0.29) is 50.4 Å². The summed E-state index contributed by atoms with van der Waals surface area (Å²) in [4.78, 5) is 13.2. The number of phenolic OH excluding ortho intramolecular Hbond substituents is 1. The van der Waals surface area contributed by atoms with E-state index in [1.807, 2.05) is 37.3 Å². The average Bonchev–Trinajstić information content (AvgIpc) is 3.23. The number of aryl methyl sites for hydroxylation is 2. The molecule has 6 aromatic rings. The highest BCUT2D eigenvalue weighted by Crippen LogP contribution is 2.47. The maximum absolute atomic E-state index is 14.7. The Morgan fingerprint density at radius 2 is 1.44 bits per heavy atom.